The Morgan fingerprint density at radius 3 is 2.53 bits per heavy atom. The van der Waals surface area contributed by atoms with E-state index in [0.717, 1.165) is 40.9 Å². The molecule has 1 aromatic heterocycles. The Balaban J connectivity index is 1.58. The highest BCUT2D eigenvalue weighted by Gasteiger charge is 2.45. The van der Waals surface area contributed by atoms with Crippen molar-refractivity contribution in [2.45, 2.75) is 58.4 Å². The van der Waals surface area contributed by atoms with Crippen molar-refractivity contribution < 1.29 is 18.0 Å². The van der Waals surface area contributed by atoms with Crippen molar-refractivity contribution in [3.05, 3.63) is 58.5 Å². The van der Waals surface area contributed by atoms with Crippen LogP contribution in [0.5, 0.6) is 0 Å². The molecule has 0 unspecified atom stereocenters. The van der Waals surface area contributed by atoms with Gasteiger partial charge in [0, 0.05) is 28.6 Å². The van der Waals surface area contributed by atoms with Crippen molar-refractivity contribution in [1.82, 2.24) is 10.2 Å². The minimum atomic E-state index is -2.90. The number of benzene rings is 2. The lowest BCUT2D eigenvalue weighted by Gasteiger charge is -2.20. The number of aromatic nitrogens is 2. The molecule has 0 radical (unpaired) electrons. The van der Waals surface area contributed by atoms with E-state index in [9.17, 15) is 18.0 Å². The molecule has 1 N–H and O–H groups in total. The molecule has 1 aliphatic carbocycles. The van der Waals surface area contributed by atoms with Gasteiger partial charge in [-0.05, 0) is 64.2 Å². The van der Waals surface area contributed by atoms with Crippen LogP contribution in [0.2, 0.25) is 0 Å². The fourth-order valence-corrected chi connectivity index (χ4v) is 4.80. The molecular weight excluding hydrogens is 441 g/mol. The Kier molecular flexibility index (Phi) is 5.30. The zero-order valence-corrected chi connectivity index (χ0v) is 19.6. The SMILES string of the molecule is Cc1nnc(N[C@H](C)c2cccc(C(F)F)c2F)c2cc3c(cc12)C(C)(C)C(=O)N3CC1CC1. The average molecular weight is 469 g/mol. The lowest BCUT2D eigenvalue weighted by Crippen LogP contribution is -2.37. The maximum Gasteiger partial charge on any atom is 0.266 e. The number of fused-ring (bicyclic) bond motifs is 2. The topological polar surface area (TPSA) is 58.1 Å². The second kappa shape index (κ2) is 7.96. The Morgan fingerprint density at radius 2 is 1.85 bits per heavy atom. The maximum absolute atomic E-state index is 14.7. The molecule has 34 heavy (non-hydrogen) atoms. The summed E-state index contributed by atoms with van der Waals surface area (Å²) in [6.07, 6.45) is -0.635. The number of alkyl halides is 2. The van der Waals surface area contributed by atoms with E-state index < -0.39 is 29.3 Å². The number of carbonyl (C=O) groups is 1. The minimum Gasteiger partial charge on any atom is -0.361 e. The fraction of sp³-hybridized carbons (Fsp3) is 0.423. The number of anilines is 2. The number of nitrogens with zero attached hydrogens (tertiary/aromatic N) is 3. The minimum absolute atomic E-state index is 0.0806. The first-order valence-corrected chi connectivity index (χ1v) is 11.6. The van der Waals surface area contributed by atoms with Crippen LogP contribution in [0.3, 0.4) is 0 Å². The van der Waals surface area contributed by atoms with Crippen LogP contribution in [0.15, 0.2) is 30.3 Å². The molecule has 1 aliphatic heterocycles. The highest BCUT2D eigenvalue weighted by Crippen LogP contribution is 2.46. The van der Waals surface area contributed by atoms with Crippen LogP contribution in [-0.2, 0) is 10.2 Å². The van der Waals surface area contributed by atoms with Gasteiger partial charge in [-0.1, -0.05) is 18.2 Å². The molecule has 5 nitrogen and oxygen atoms in total. The monoisotopic (exact) mass is 468 g/mol. The van der Waals surface area contributed by atoms with Crippen LogP contribution in [0.4, 0.5) is 24.7 Å². The van der Waals surface area contributed by atoms with Gasteiger partial charge in [0.15, 0.2) is 5.82 Å². The van der Waals surface area contributed by atoms with Gasteiger partial charge in [0.05, 0.1) is 22.7 Å². The zero-order valence-electron chi connectivity index (χ0n) is 19.6. The summed E-state index contributed by atoms with van der Waals surface area (Å²) in [6.45, 7) is 8.13. The summed E-state index contributed by atoms with van der Waals surface area (Å²) in [5.41, 5.74) is 1.39. The van der Waals surface area contributed by atoms with Gasteiger partial charge < -0.3 is 10.2 Å². The first-order valence-electron chi connectivity index (χ1n) is 11.6. The van der Waals surface area contributed by atoms with Crippen LogP contribution in [-0.4, -0.2) is 22.6 Å². The highest BCUT2D eigenvalue weighted by molar-refractivity contribution is 6.11. The van der Waals surface area contributed by atoms with Crippen LogP contribution >= 0.6 is 0 Å². The van der Waals surface area contributed by atoms with Crippen molar-refractivity contribution in [2.75, 3.05) is 16.8 Å². The molecule has 1 fully saturated rings. The van der Waals surface area contributed by atoms with Crippen molar-refractivity contribution >= 4 is 28.2 Å². The molecule has 0 saturated heterocycles. The van der Waals surface area contributed by atoms with Gasteiger partial charge in [0.25, 0.3) is 6.43 Å². The number of nitrogens with one attached hydrogen (secondary N) is 1. The first-order chi connectivity index (χ1) is 16.1. The fourth-order valence-electron chi connectivity index (χ4n) is 4.80. The van der Waals surface area contributed by atoms with Crippen LogP contribution in [0.25, 0.3) is 10.8 Å². The molecule has 2 heterocycles. The van der Waals surface area contributed by atoms with Gasteiger partial charge in [-0.25, -0.2) is 13.2 Å². The predicted molar refractivity (Wildman–Crippen MR) is 126 cm³/mol. The molecule has 0 bridgehead atoms. The molecule has 1 amide bonds. The van der Waals surface area contributed by atoms with E-state index in [-0.39, 0.29) is 11.5 Å². The third kappa shape index (κ3) is 3.60. The molecule has 178 valence electrons. The summed E-state index contributed by atoms with van der Waals surface area (Å²) in [6, 6.07) is 7.34. The van der Waals surface area contributed by atoms with Gasteiger partial charge >= 0.3 is 0 Å². The Morgan fingerprint density at radius 1 is 1.15 bits per heavy atom. The largest absolute Gasteiger partial charge is 0.361 e. The zero-order chi connectivity index (χ0) is 24.4. The van der Waals surface area contributed by atoms with E-state index in [1.165, 1.54) is 12.1 Å². The first kappa shape index (κ1) is 22.6. The molecular formula is C26H27F3N4O. The quantitative estimate of drug-likeness (QED) is 0.466. The number of hydrogen-bond donors (Lipinski definition) is 1. The maximum atomic E-state index is 14.7. The molecule has 0 spiro atoms. The molecule has 5 rings (SSSR count). The third-order valence-electron chi connectivity index (χ3n) is 7.08. The lowest BCUT2D eigenvalue weighted by atomic mass is 9.85. The summed E-state index contributed by atoms with van der Waals surface area (Å²) in [5, 5.41) is 13.3. The van der Waals surface area contributed by atoms with E-state index in [2.05, 4.69) is 15.5 Å². The predicted octanol–water partition coefficient (Wildman–Crippen LogP) is 6.22. The summed E-state index contributed by atoms with van der Waals surface area (Å²) in [5.74, 6) is 0.102. The summed E-state index contributed by atoms with van der Waals surface area (Å²) >= 11 is 0. The number of halogens is 3. The van der Waals surface area contributed by atoms with Gasteiger partial charge in [0.2, 0.25) is 5.91 Å². The molecule has 1 saturated carbocycles. The van der Waals surface area contributed by atoms with Crippen molar-refractivity contribution in [3.63, 3.8) is 0 Å². The summed E-state index contributed by atoms with van der Waals surface area (Å²) < 4.78 is 41.1. The van der Waals surface area contributed by atoms with Gasteiger partial charge in [0.1, 0.15) is 5.82 Å². The second-order valence-electron chi connectivity index (χ2n) is 9.95. The van der Waals surface area contributed by atoms with Gasteiger partial charge in [-0.15, -0.1) is 5.10 Å². The molecule has 1 atom stereocenters. The summed E-state index contributed by atoms with van der Waals surface area (Å²) in [4.78, 5) is 15.1. The number of hydrogen-bond acceptors (Lipinski definition) is 4. The Hall–Kier alpha value is -3.16. The van der Waals surface area contributed by atoms with Crippen LogP contribution in [0, 0.1) is 18.7 Å². The average Bonchev–Trinajstić information content (AvgIpc) is 3.59. The van der Waals surface area contributed by atoms with E-state index >= 15 is 0 Å². The normalized spacial score (nSPS) is 18.0. The molecule has 2 aliphatic rings. The standard InChI is InChI=1S/C26H27F3N4O/c1-13(16-6-5-7-17(22(16)27)23(28)29)30-24-19-11-21-20(10-18(19)14(2)31-32-24)26(3,4)25(34)33(21)12-15-8-9-15/h5-7,10-11,13,15,23H,8-9,12H2,1-4H3,(H,30,32)/t13-/m1/s1. The second-order valence-corrected chi connectivity index (χ2v) is 9.95. The van der Waals surface area contributed by atoms with Crippen molar-refractivity contribution in [3.8, 4) is 0 Å². The van der Waals surface area contributed by atoms with Gasteiger partial charge in [-0.2, -0.15) is 5.10 Å². The van der Waals surface area contributed by atoms with Crippen LogP contribution in [0.1, 0.15) is 68.5 Å². The highest BCUT2D eigenvalue weighted by atomic mass is 19.3. The van der Waals surface area contributed by atoms with Crippen molar-refractivity contribution in [2.24, 2.45) is 5.92 Å². The number of rotatable bonds is 6. The van der Waals surface area contributed by atoms with E-state index in [0.29, 0.717) is 24.0 Å². The van der Waals surface area contributed by atoms with Gasteiger partial charge in [-0.3, -0.25) is 4.79 Å². The Bertz CT molecular complexity index is 1300. The molecule has 2 aromatic carbocycles. The Labute approximate surface area is 196 Å². The molecule has 8 heteroatoms. The molecule has 3 aromatic rings. The number of aryl methyl sites for hydroxylation is 1. The third-order valence-corrected chi connectivity index (χ3v) is 7.08. The van der Waals surface area contributed by atoms with E-state index in [1.54, 1.807) is 6.92 Å². The van der Waals surface area contributed by atoms with Crippen LogP contribution < -0.4 is 10.2 Å². The van der Waals surface area contributed by atoms with E-state index in [4.69, 9.17) is 0 Å². The lowest BCUT2D eigenvalue weighted by molar-refractivity contribution is -0.122. The smallest absolute Gasteiger partial charge is 0.266 e. The van der Waals surface area contributed by atoms with Crippen molar-refractivity contribution in [1.29, 1.82) is 0 Å². The summed E-state index contributed by atoms with van der Waals surface area (Å²) in [7, 11) is 0. The number of carbonyl (C=O) groups excluding carboxylic acids is 1. The number of amides is 1. The van der Waals surface area contributed by atoms with E-state index in [1.807, 2.05) is 37.8 Å².